The molecule has 3 N–H and O–H groups in total. The van der Waals surface area contributed by atoms with Crippen molar-refractivity contribution in [1.82, 2.24) is 5.32 Å². The molecule has 0 aromatic rings. The first-order valence-electron chi connectivity index (χ1n) is 7.12. The maximum atomic E-state index is 12.5. The fourth-order valence-electron chi connectivity index (χ4n) is 2.36. The van der Waals surface area contributed by atoms with E-state index in [1.54, 1.807) is 0 Å². The smallest absolute Gasteiger partial charge is 0.353 e. The van der Waals surface area contributed by atoms with Gasteiger partial charge in [-0.1, -0.05) is 20.8 Å². The number of hydrogen-bond donors (Lipinski definition) is 2. The number of rotatable bonds is 3. The Kier molecular flexibility index (Phi) is 5.46. The predicted molar refractivity (Wildman–Crippen MR) is 72.0 cm³/mol. The predicted octanol–water partition coefficient (Wildman–Crippen LogP) is 2.99. The van der Waals surface area contributed by atoms with E-state index in [4.69, 9.17) is 5.73 Å². The van der Waals surface area contributed by atoms with Crippen molar-refractivity contribution in [2.24, 2.45) is 17.1 Å². The molecule has 0 saturated heterocycles. The van der Waals surface area contributed by atoms with Gasteiger partial charge in [0.2, 0.25) is 5.91 Å². The van der Waals surface area contributed by atoms with Crippen LogP contribution >= 0.6 is 0 Å². The Bertz CT molecular complexity index is 328. The fourth-order valence-corrected chi connectivity index (χ4v) is 2.36. The summed E-state index contributed by atoms with van der Waals surface area (Å²) in [6.07, 6.45) is -2.92. The van der Waals surface area contributed by atoms with Crippen molar-refractivity contribution in [3.8, 4) is 0 Å². The maximum absolute atomic E-state index is 12.5. The first-order chi connectivity index (χ1) is 9.00. The second-order valence-corrected chi connectivity index (χ2v) is 6.83. The van der Waals surface area contributed by atoms with Crippen LogP contribution < -0.4 is 11.1 Å². The summed E-state index contributed by atoms with van der Waals surface area (Å²) in [5.74, 6) is -1.38. The summed E-state index contributed by atoms with van der Waals surface area (Å²) >= 11 is 0. The molecule has 118 valence electrons. The van der Waals surface area contributed by atoms with Crippen molar-refractivity contribution in [3.63, 3.8) is 0 Å². The Morgan fingerprint density at radius 3 is 2.10 bits per heavy atom. The molecule has 0 radical (unpaired) electrons. The minimum absolute atomic E-state index is 0.0970. The van der Waals surface area contributed by atoms with Crippen LogP contribution in [0.5, 0.6) is 0 Å². The number of nitrogens with two attached hydrogens (primary N) is 1. The van der Waals surface area contributed by atoms with E-state index in [-0.39, 0.29) is 42.7 Å². The van der Waals surface area contributed by atoms with Crippen LogP contribution in [0.15, 0.2) is 0 Å². The Labute approximate surface area is 118 Å². The van der Waals surface area contributed by atoms with Gasteiger partial charge in [0, 0.05) is 18.5 Å². The lowest BCUT2D eigenvalue weighted by Crippen LogP contribution is -2.44. The summed E-state index contributed by atoms with van der Waals surface area (Å²) in [6.45, 7) is 5.87. The van der Waals surface area contributed by atoms with Crippen LogP contribution in [0.3, 0.4) is 0 Å². The van der Waals surface area contributed by atoms with Gasteiger partial charge in [-0.2, -0.15) is 13.2 Å². The largest absolute Gasteiger partial charge is 0.391 e. The van der Waals surface area contributed by atoms with E-state index in [0.29, 0.717) is 12.8 Å². The van der Waals surface area contributed by atoms with Crippen LogP contribution in [0.1, 0.15) is 52.9 Å². The molecule has 1 unspecified atom stereocenters. The Balaban J connectivity index is 2.35. The number of hydrogen-bond acceptors (Lipinski definition) is 2. The Morgan fingerprint density at radius 2 is 1.70 bits per heavy atom. The van der Waals surface area contributed by atoms with Crippen LogP contribution in [-0.4, -0.2) is 24.2 Å². The van der Waals surface area contributed by atoms with Crippen molar-refractivity contribution < 1.29 is 18.0 Å². The third-order valence-corrected chi connectivity index (χ3v) is 4.07. The monoisotopic (exact) mass is 294 g/mol. The van der Waals surface area contributed by atoms with Gasteiger partial charge in [-0.05, 0) is 31.1 Å². The van der Waals surface area contributed by atoms with E-state index in [2.05, 4.69) is 5.32 Å². The Hall–Kier alpha value is -0.780. The molecule has 1 aliphatic carbocycles. The zero-order chi connectivity index (χ0) is 15.6. The second-order valence-electron chi connectivity index (χ2n) is 6.83. The van der Waals surface area contributed by atoms with Crippen LogP contribution in [0, 0.1) is 11.3 Å². The third kappa shape index (κ3) is 5.31. The molecule has 0 aromatic carbocycles. The maximum Gasteiger partial charge on any atom is 0.391 e. The van der Waals surface area contributed by atoms with Crippen LogP contribution in [-0.2, 0) is 4.79 Å². The van der Waals surface area contributed by atoms with Gasteiger partial charge in [0.05, 0.1) is 5.92 Å². The van der Waals surface area contributed by atoms with E-state index in [0.717, 1.165) is 0 Å². The summed E-state index contributed by atoms with van der Waals surface area (Å²) in [5.41, 5.74) is 5.76. The fraction of sp³-hybridized carbons (Fsp3) is 0.929. The van der Waals surface area contributed by atoms with Crippen molar-refractivity contribution >= 4 is 5.91 Å². The second kappa shape index (κ2) is 6.33. The molecule has 1 saturated carbocycles. The molecule has 1 fully saturated rings. The highest BCUT2D eigenvalue weighted by molar-refractivity contribution is 5.77. The minimum Gasteiger partial charge on any atom is -0.353 e. The van der Waals surface area contributed by atoms with E-state index in [1.807, 2.05) is 20.8 Å². The first kappa shape index (κ1) is 17.3. The van der Waals surface area contributed by atoms with E-state index in [1.165, 1.54) is 0 Å². The van der Waals surface area contributed by atoms with Gasteiger partial charge in [-0.15, -0.1) is 0 Å². The number of carbonyl (C=O) groups is 1. The molecule has 3 nitrogen and oxygen atoms in total. The number of carbonyl (C=O) groups excluding carboxylic acids is 1. The molecule has 6 heteroatoms. The standard InChI is InChI=1S/C14H25F3N2O/c1-13(2,3)11(18)8-12(20)19-10-6-4-9(5-7-10)14(15,16)17/h9-11H,4-8,18H2,1-3H3,(H,19,20). The highest BCUT2D eigenvalue weighted by Crippen LogP contribution is 2.37. The van der Waals surface area contributed by atoms with E-state index >= 15 is 0 Å². The van der Waals surface area contributed by atoms with Crippen molar-refractivity contribution in [2.75, 3.05) is 0 Å². The summed E-state index contributed by atoms with van der Waals surface area (Å²) in [7, 11) is 0. The molecule has 0 aliphatic heterocycles. The average Bonchev–Trinajstić information content (AvgIpc) is 2.26. The minimum atomic E-state index is -4.11. The SMILES string of the molecule is CC(C)(C)C(N)CC(=O)NC1CCC(C(F)(F)F)CC1. The van der Waals surface area contributed by atoms with E-state index in [9.17, 15) is 18.0 Å². The van der Waals surface area contributed by atoms with Gasteiger partial charge < -0.3 is 11.1 Å². The first-order valence-corrected chi connectivity index (χ1v) is 7.12. The summed E-state index contributed by atoms with van der Waals surface area (Å²) < 4.78 is 37.6. The van der Waals surface area contributed by atoms with Crippen LogP contribution in [0.25, 0.3) is 0 Å². The van der Waals surface area contributed by atoms with E-state index < -0.39 is 12.1 Å². The molecule has 1 amide bonds. The molecular weight excluding hydrogens is 269 g/mol. The van der Waals surface area contributed by atoms with Gasteiger partial charge in [0.15, 0.2) is 0 Å². The van der Waals surface area contributed by atoms with Crippen LogP contribution in [0.2, 0.25) is 0 Å². The van der Waals surface area contributed by atoms with Gasteiger partial charge in [-0.25, -0.2) is 0 Å². The number of alkyl halides is 3. The van der Waals surface area contributed by atoms with Crippen LogP contribution in [0.4, 0.5) is 13.2 Å². The highest BCUT2D eigenvalue weighted by atomic mass is 19.4. The normalized spacial score (nSPS) is 26.1. The van der Waals surface area contributed by atoms with Gasteiger partial charge >= 0.3 is 6.18 Å². The average molecular weight is 294 g/mol. The quantitative estimate of drug-likeness (QED) is 0.840. The lowest BCUT2D eigenvalue weighted by atomic mass is 9.84. The van der Waals surface area contributed by atoms with Crippen molar-refractivity contribution in [2.45, 2.75) is 71.1 Å². The molecule has 0 aromatic heterocycles. The third-order valence-electron chi connectivity index (χ3n) is 4.07. The zero-order valence-corrected chi connectivity index (χ0v) is 12.4. The van der Waals surface area contributed by atoms with Crippen molar-refractivity contribution in [3.05, 3.63) is 0 Å². The summed E-state index contributed by atoms with van der Waals surface area (Å²) in [5, 5.41) is 2.81. The lowest BCUT2D eigenvalue weighted by molar-refractivity contribution is -0.182. The highest BCUT2D eigenvalue weighted by Gasteiger charge is 2.41. The summed E-state index contributed by atoms with van der Waals surface area (Å²) in [4.78, 5) is 11.8. The number of amides is 1. The zero-order valence-electron chi connectivity index (χ0n) is 12.4. The van der Waals surface area contributed by atoms with Gasteiger partial charge in [0.25, 0.3) is 0 Å². The topological polar surface area (TPSA) is 55.1 Å². The lowest BCUT2D eigenvalue weighted by Gasteiger charge is -2.31. The molecule has 20 heavy (non-hydrogen) atoms. The molecule has 1 atom stereocenters. The molecular formula is C14H25F3N2O. The van der Waals surface area contributed by atoms with Crippen molar-refractivity contribution in [1.29, 1.82) is 0 Å². The Morgan fingerprint density at radius 1 is 1.20 bits per heavy atom. The molecule has 1 aliphatic rings. The number of nitrogens with one attached hydrogen (secondary N) is 1. The molecule has 0 heterocycles. The van der Waals surface area contributed by atoms with Gasteiger partial charge in [-0.3, -0.25) is 4.79 Å². The molecule has 0 bridgehead atoms. The van der Waals surface area contributed by atoms with Gasteiger partial charge in [0.1, 0.15) is 0 Å². The molecule has 1 rings (SSSR count). The summed E-state index contributed by atoms with van der Waals surface area (Å²) in [6, 6.07) is -0.401. The molecule has 0 spiro atoms. The number of halogens is 3.